The lowest BCUT2D eigenvalue weighted by molar-refractivity contribution is -0.178. The van der Waals surface area contributed by atoms with E-state index in [0.717, 1.165) is 57.3 Å². The SMILES string of the molecule is COC1CN(C(=O)[C@@]2(C3CC3)CCC(N3CCC(c4ccc(F)c(C)c4)CC3)CO2)Cc2cc(C(F)(F)F)ccc21. The van der Waals surface area contributed by atoms with Gasteiger partial charge in [-0.05, 0) is 111 Å². The number of rotatable bonds is 5. The second-order valence-corrected chi connectivity index (χ2v) is 12.3. The molecule has 9 heteroatoms. The zero-order valence-corrected chi connectivity index (χ0v) is 23.7. The summed E-state index contributed by atoms with van der Waals surface area (Å²) in [7, 11) is 1.53. The average Bonchev–Trinajstić information content (AvgIpc) is 3.83. The van der Waals surface area contributed by atoms with Gasteiger partial charge >= 0.3 is 6.18 Å². The monoisotopic (exact) mass is 574 g/mol. The number of methoxy groups -OCH3 is 1. The minimum atomic E-state index is -4.45. The number of ether oxygens (including phenoxy) is 2. The number of benzene rings is 2. The van der Waals surface area contributed by atoms with Gasteiger partial charge in [0.15, 0.2) is 0 Å². The molecule has 1 aliphatic carbocycles. The Balaban J connectivity index is 1.12. The van der Waals surface area contributed by atoms with Crippen LogP contribution in [0.1, 0.15) is 78.4 Å². The number of alkyl halides is 3. The maximum absolute atomic E-state index is 14.1. The number of aryl methyl sites for hydroxylation is 1. The molecular formula is C32H38F4N2O3. The van der Waals surface area contributed by atoms with Gasteiger partial charge in [-0.2, -0.15) is 13.2 Å². The summed E-state index contributed by atoms with van der Waals surface area (Å²) in [5.41, 5.74) is 1.42. The van der Waals surface area contributed by atoms with Crippen molar-refractivity contribution in [2.45, 2.75) is 81.8 Å². The molecule has 5 nitrogen and oxygen atoms in total. The van der Waals surface area contributed by atoms with Crippen LogP contribution in [-0.2, 0) is 27.0 Å². The van der Waals surface area contributed by atoms with Crippen LogP contribution in [0.15, 0.2) is 36.4 Å². The smallest absolute Gasteiger partial charge is 0.375 e. The van der Waals surface area contributed by atoms with Crippen molar-refractivity contribution < 1.29 is 31.8 Å². The highest BCUT2D eigenvalue weighted by molar-refractivity contribution is 5.86. The van der Waals surface area contributed by atoms with Crippen LogP contribution in [0.2, 0.25) is 0 Å². The molecule has 6 rings (SSSR count). The Hall–Kier alpha value is -2.49. The van der Waals surface area contributed by atoms with Crippen molar-refractivity contribution >= 4 is 5.91 Å². The third kappa shape index (κ3) is 5.53. The Labute approximate surface area is 238 Å². The number of fused-ring (bicyclic) bond motifs is 1. The van der Waals surface area contributed by atoms with E-state index in [1.165, 1.54) is 18.7 Å². The first-order chi connectivity index (χ1) is 19.6. The average molecular weight is 575 g/mol. The predicted molar refractivity (Wildman–Crippen MR) is 146 cm³/mol. The zero-order valence-electron chi connectivity index (χ0n) is 23.7. The van der Waals surface area contributed by atoms with Gasteiger partial charge in [-0.3, -0.25) is 9.69 Å². The second kappa shape index (κ2) is 11.0. The fraction of sp³-hybridized carbons (Fsp3) is 0.594. The number of carbonyl (C=O) groups excluding carboxylic acids is 1. The quantitative estimate of drug-likeness (QED) is 0.388. The summed E-state index contributed by atoms with van der Waals surface area (Å²) in [5, 5.41) is 0. The standard InChI is InChI=1S/C32H38F4N2O3/c1-20-15-22(3-8-28(20)33)21-10-13-37(14-11-21)26-9-12-31(41-19-26,24-4-5-24)30(39)38-17-23-16-25(32(34,35)36)6-7-27(23)29(18-38)40-2/h3,6-8,15-16,21,24,26,29H,4-5,9-14,17-19H2,1-2H3/t26?,29?,31-/m0/s1. The molecule has 3 heterocycles. The van der Waals surface area contributed by atoms with E-state index in [0.29, 0.717) is 42.2 Å². The fourth-order valence-electron chi connectivity index (χ4n) is 7.23. The molecule has 3 aliphatic heterocycles. The normalized spacial score (nSPS) is 28.0. The van der Waals surface area contributed by atoms with Crippen molar-refractivity contribution in [3.8, 4) is 0 Å². The molecule has 2 aromatic carbocycles. The number of nitrogens with zero attached hydrogens (tertiary/aromatic N) is 2. The summed E-state index contributed by atoms with van der Waals surface area (Å²) < 4.78 is 66.2. The zero-order chi connectivity index (χ0) is 28.9. The summed E-state index contributed by atoms with van der Waals surface area (Å²) in [5.74, 6) is 0.272. The third-order valence-electron chi connectivity index (χ3n) is 9.82. The summed E-state index contributed by atoms with van der Waals surface area (Å²) in [6.45, 7) is 4.55. The topological polar surface area (TPSA) is 42.0 Å². The molecule has 222 valence electrons. The van der Waals surface area contributed by atoms with Crippen LogP contribution < -0.4 is 0 Å². The first-order valence-corrected chi connectivity index (χ1v) is 14.8. The van der Waals surface area contributed by atoms with E-state index in [9.17, 15) is 22.4 Å². The highest BCUT2D eigenvalue weighted by Crippen LogP contribution is 2.49. The number of hydrogen-bond donors (Lipinski definition) is 0. The van der Waals surface area contributed by atoms with E-state index >= 15 is 0 Å². The summed E-state index contributed by atoms with van der Waals surface area (Å²) in [6.07, 6.45) is 0.376. The van der Waals surface area contributed by atoms with Crippen LogP contribution in [0.5, 0.6) is 0 Å². The van der Waals surface area contributed by atoms with E-state index in [1.54, 1.807) is 17.9 Å². The number of carbonyl (C=O) groups is 1. The highest BCUT2D eigenvalue weighted by Gasteiger charge is 2.56. The van der Waals surface area contributed by atoms with E-state index < -0.39 is 23.4 Å². The van der Waals surface area contributed by atoms with Gasteiger partial charge in [-0.15, -0.1) is 0 Å². The van der Waals surface area contributed by atoms with Gasteiger partial charge in [0.1, 0.15) is 11.4 Å². The van der Waals surface area contributed by atoms with Gasteiger partial charge < -0.3 is 14.4 Å². The van der Waals surface area contributed by atoms with Crippen molar-refractivity contribution in [2.24, 2.45) is 5.92 Å². The molecule has 2 saturated heterocycles. The Morgan fingerprint density at radius 2 is 1.80 bits per heavy atom. The maximum Gasteiger partial charge on any atom is 0.416 e. The number of piperidine rings is 1. The van der Waals surface area contributed by atoms with Crippen LogP contribution in [-0.4, -0.2) is 60.7 Å². The number of likely N-dealkylation sites (tertiary alicyclic amines) is 1. The van der Waals surface area contributed by atoms with Gasteiger partial charge in [0.25, 0.3) is 5.91 Å². The lowest BCUT2D eigenvalue weighted by Crippen LogP contribution is -2.59. The molecule has 4 aliphatic rings. The van der Waals surface area contributed by atoms with Gasteiger partial charge in [-0.25, -0.2) is 4.39 Å². The van der Waals surface area contributed by atoms with Crippen molar-refractivity contribution in [3.63, 3.8) is 0 Å². The lowest BCUT2D eigenvalue weighted by atomic mass is 9.83. The third-order valence-corrected chi connectivity index (χ3v) is 9.82. The molecular weight excluding hydrogens is 536 g/mol. The number of amides is 1. The molecule has 0 spiro atoms. The highest BCUT2D eigenvalue weighted by atomic mass is 19.4. The van der Waals surface area contributed by atoms with Crippen LogP contribution in [0.3, 0.4) is 0 Å². The molecule has 1 saturated carbocycles. The van der Waals surface area contributed by atoms with Crippen LogP contribution >= 0.6 is 0 Å². The molecule has 2 aromatic rings. The van der Waals surface area contributed by atoms with Crippen LogP contribution in [0, 0.1) is 18.7 Å². The van der Waals surface area contributed by atoms with Gasteiger partial charge in [0, 0.05) is 19.7 Å². The maximum atomic E-state index is 14.1. The van der Waals surface area contributed by atoms with E-state index in [-0.39, 0.29) is 30.2 Å². The first kappa shape index (κ1) is 28.6. The molecule has 1 amide bonds. The Bertz CT molecular complexity index is 1280. The summed E-state index contributed by atoms with van der Waals surface area (Å²) in [6, 6.07) is 9.37. The minimum absolute atomic E-state index is 0.117. The molecule has 3 atom stereocenters. The van der Waals surface area contributed by atoms with Gasteiger partial charge in [0.2, 0.25) is 0 Å². The first-order valence-electron chi connectivity index (χ1n) is 14.8. The van der Waals surface area contributed by atoms with Crippen molar-refractivity contribution in [2.75, 3.05) is 33.4 Å². The molecule has 2 unspecified atom stereocenters. The largest absolute Gasteiger partial charge is 0.416 e. The molecule has 0 N–H and O–H groups in total. The predicted octanol–water partition coefficient (Wildman–Crippen LogP) is 6.39. The van der Waals surface area contributed by atoms with Crippen molar-refractivity contribution in [1.82, 2.24) is 9.80 Å². The molecule has 0 bridgehead atoms. The number of hydrogen-bond acceptors (Lipinski definition) is 4. The van der Waals surface area contributed by atoms with Gasteiger partial charge in [0.05, 0.1) is 24.8 Å². The van der Waals surface area contributed by atoms with Gasteiger partial charge in [-0.1, -0.05) is 18.2 Å². The molecule has 0 radical (unpaired) electrons. The second-order valence-electron chi connectivity index (χ2n) is 12.3. The van der Waals surface area contributed by atoms with Crippen LogP contribution in [0.25, 0.3) is 0 Å². The Morgan fingerprint density at radius 3 is 2.41 bits per heavy atom. The lowest BCUT2D eigenvalue weighted by Gasteiger charge is -2.47. The Kier molecular flexibility index (Phi) is 7.66. The van der Waals surface area contributed by atoms with E-state index in [4.69, 9.17) is 9.47 Å². The minimum Gasteiger partial charge on any atom is -0.375 e. The Morgan fingerprint density at radius 1 is 1.05 bits per heavy atom. The fourth-order valence-corrected chi connectivity index (χ4v) is 7.23. The molecule has 3 fully saturated rings. The van der Waals surface area contributed by atoms with Crippen molar-refractivity contribution in [1.29, 1.82) is 0 Å². The number of halogens is 4. The van der Waals surface area contributed by atoms with E-state index in [1.807, 2.05) is 12.1 Å². The molecule has 41 heavy (non-hydrogen) atoms. The summed E-state index contributed by atoms with van der Waals surface area (Å²) >= 11 is 0. The molecule has 0 aromatic heterocycles. The summed E-state index contributed by atoms with van der Waals surface area (Å²) in [4.78, 5) is 18.2. The van der Waals surface area contributed by atoms with E-state index in [2.05, 4.69) is 4.90 Å². The van der Waals surface area contributed by atoms with Crippen molar-refractivity contribution in [3.05, 3.63) is 70.0 Å². The van der Waals surface area contributed by atoms with Crippen LogP contribution in [0.4, 0.5) is 17.6 Å².